The fraction of sp³-hybridized carbons (Fsp3) is 0.300. The van der Waals surface area contributed by atoms with Gasteiger partial charge in [-0.2, -0.15) is 0 Å². The minimum Gasteiger partial charge on any atom is -0.478 e. The molecule has 1 unspecified atom stereocenters. The summed E-state index contributed by atoms with van der Waals surface area (Å²) < 4.78 is 0. The number of anilines is 1. The van der Waals surface area contributed by atoms with Crippen molar-refractivity contribution >= 4 is 17.6 Å². The number of nitrogens with zero attached hydrogens (tertiary/aromatic N) is 1. The summed E-state index contributed by atoms with van der Waals surface area (Å²) in [5.74, 6) is -1.07. The lowest BCUT2D eigenvalue weighted by Gasteiger charge is -2.24. The summed E-state index contributed by atoms with van der Waals surface area (Å²) in [5, 5.41) is 12.1. The monoisotopic (exact) mass is 338 g/mol. The van der Waals surface area contributed by atoms with Gasteiger partial charge in [0.05, 0.1) is 11.6 Å². The predicted molar refractivity (Wildman–Crippen MR) is 96.6 cm³/mol. The van der Waals surface area contributed by atoms with Crippen LogP contribution >= 0.6 is 0 Å². The van der Waals surface area contributed by atoms with E-state index < -0.39 is 5.97 Å². The molecule has 3 rings (SSSR count). The maximum atomic E-state index is 12.7. The highest BCUT2D eigenvalue weighted by Gasteiger charge is 2.30. The molecule has 1 aliphatic rings. The number of hydrogen-bond donors (Lipinski definition) is 2. The number of aryl methyl sites for hydroxylation is 1. The first-order valence-electron chi connectivity index (χ1n) is 8.47. The molecule has 1 atom stereocenters. The van der Waals surface area contributed by atoms with Crippen molar-refractivity contribution in [3.8, 4) is 0 Å². The lowest BCUT2D eigenvalue weighted by Crippen LogP contribution is -2.39. The molecule has 2 aromatic carbocycles. The van der Waals surface area contributed by atoms with Gasteiger partial charge in [0.1, 0.15) is 0 Å². The number of likely N-dealkylation sites (tertiary alicyclic amines) is 1. The zero-order valence-electron chi connectivity index (χ0n) is 14.2. The number of rotatable bonds is 5. The Morgan fingerprint density at radius 3 is 2.68 bits per heavy atom. The number of carbonyl (C=O) groups is 2. The van der Waals surface area contributed by atoms with E-state index in [2.05, 4.69) is 22.3 Å². The number of amides is 1. The van der Waals surface area contributed by atoms with E-state index in [9.17, 15) is 9.59 Å². The molecule has 0 saturated carbocycles. The molecule has 0 aliphatic carbocycles. The molecule has 5 nitrogen and oxygen atoms in total. The molecule has 5 heteroatoms. The molecule has 25 heavy (non-hydrogen) atoms. The first kappa shape index (κ1) is 17.2. The average Bonchev–Trinajstić information content (AvgIpc) is 3.05. The summed E-state index contributed by atoms with van der Waals surface area (Å²) in [6.07, 6.45) is 1.80. The summed E-state index contributed by atoms with van der Waals surface area (Å²) in [7, 11) is 0. The van der Waals surface area contributed by atoms with Crippen LogP contribution in [0.4, 0.5) is 5.69 Å². The van der Waals surface area contributed by atoms with E-state index >= 15 is 0 Å². The molecule has 0 aromatic heterocycles. The fourth-order valence-corrected chi connectivity index (χ4v) is 3.24. The Hall–Kier alpha value is -2.66. The Labute approximate surface area is 147 Å². The van der Waals surface area contributed by atoms with Gasteiger partial charge in [0.15, 0.2) is 0 Å². The molecular formula is C20H22N2O3. The predicted octanol–water partition coefficient (Wildman–Crippen LogP) is 3.30. The standard InChI is InChI=1S/C20H22N2O3/c1-14-9-10-16(20(24)25)12-17(14)21-19(23)18-8-5-11-22(18)13-15-6-3-2-4-7-15/h2-4,6-7,9-10,12,18H,5,8,11,13H2,1H3,(H,21,23)(H,24,25). The number of aromatic carboxylic acids is 1. The minimum absolute atomic E-state index is 0.0703. The van der Waals surface area contributed by atoms with Crippen LogP contribution in [0.3, 0.4) is 0 Å². The average molecular weight is 338 g/mol. The van der Waals surface area contributed by atoms with Crippen molar-refractivity contribution in [1.82, 2.24) is 4.90 Å². The molecule has 1 saturated heterocycles. The Kier molecular flexibility index (Phi) is 5.14. The lowest BCUT2D eigenvalue weighted by atomic mass is 10.1. The fourth-order valence-electron chi connectivity index (χ4n) is 3.24. The van der Waals surface area contributed by atoms with Gasteiger partial charge in [0, 0.05) is 12.2 Å². The van der Waals surface area contributed by atoms with Gasteiger partial charge in [-0.1, -0.05) is 36.4 Å². The Balaban J connectivity index is 1.72. The van der Waals surface area contributed by atoms with E-state index in [-0.39, 0.29) is 17.5 Å². The third-order valence-electron chi connectivity index (χ3n) is 4.64. The third-order valence-corrected chi connectivity index (χ3v) is 4.64. The third kappa shape index (κ3) is 4.06. The Bertz CT molecular complexity index is 774. The number of carboxylic acid groups (broad SMARTS) is 1. The number of benzene rings is 2. The second kappa shape index (κ2) is 7.49. The molecule has 1 aliphatic heterocycles. The van der Waals surface area contributed by atoms with Crippen molar-refractivity contribution in [2.24, 2.45) is 0 Å². The topological polar surface area (TPSA) is 69.6 Å². The van der Waals surface area contributed by atoms with Gasteiger partial charge in [-0.15, -0.1) is 0 Å². The maximum absolute atomic E-state index is 12.7. The van der Waals surface area contributed by atoms with Gasteiger partial charge in [-0.3, -0.25) is 9.69 Å². The van der Waals surface area contributed by atoms with Crippen LogP contribution in [0.5, 0.6) is 0 Å². The molecular weight excluding hydrogens is 316 g/mol. The number of hydrogen-bond acceptors (Lipinski definition) is 3. The SMILES string of the molecule is Cc1ccc(C(=O)O)cc1NC(=O)C1CCCN1Cc1ccccc1. The van der Waals surface area contributed by atoms with E-state index in [1.165, 1.54) is 11.6 Å². The van der Waals surface area contributed by atoms with Crippen LogP contribution in [0.25, 0.3) is 0 Å². The second-order valence-electron chi connectivity index (χ2n) is 6.44. The normalized spacial score (nSPS) is 17.4. The summed E-state index contributed by atoms with van der Waals surface area (Å²) in [4.78, 5) is 26.1. The Morgan fingerprint density at radius 2 is 1.96 bits per heavy atom. The van der Waals surface area contributed by atoms with Crippen LogP contribution in [0.1, 0.15) is 34.3 Å². The van der Waals surface area contributed by atoms with Gasteiger partial charge < -0.3 is 10.4 Å². The van der Waals surface area contributed by atoms with Crippen molar-refractivity contribution in [2.75, 3.05) is 11.9 Å². The zero-order valence-corrected chi connectivity index (χ0v) is 14.2. The van der Waals surface area contributed by atoms with Crippen molar-refractivity contribution in [3.63, 3.8) is 0 Å². The van der Waals surface area contributed by atoms with Crippen LogP contribution in [0.15, 0.2) is 48.5 Å². The first-order chi connectivity index (χ1) is 12.0. The number of carbonyl (C=O) groups excluding carboxylic acids is 1. The Morgan fingerprint density at radius 1 is 1.20 bits per heavy atom. The molecule has 2 N–H and O–H groups in total. The smallest absolute Gasteiger partial charge is 0.335 e. The van der Waals surface area contributed by atoms with Gasteiger partial charge in [-0.25, -0.2) is 4.79 Å². The highest BCUT2D eigenvalue weighted by atomic mass is 16.4. The van der Waals surface area contributed by atoms with Crippen LogP contribution in [-0.2, 0) is 11.3 Å². The molecule has 0 spiro atoms. The molecule has 2 aromatic rings. The minimum atomic E-state index is -0.998. The van der Waals surface area contributed by atoms with Gasteiger partial charge in [0.25, 0.3) is 0 Å². The summed E-state index contributed by atoms with van der Waals surface area (Å²) >= 11 is 0. The lowest BCUT2D eigenvalue weighted by molar-refractivity contribution is -0.120. The van der Waals surface area contributed by atoms with Crippen LogP contribution in [0.2, 0.25) is 0 Å². The number of carboxylic acids is 1. The summed E-state index contributed by atoms with van der Waals surface area (Å²) in [6, 6.07) is 14.7. The van der Waals surface area contributed by atoms with Crippen molar-refractivity contribution < 1.29 is 14.7 Å². The van der Waals surface area contributed by atoms with E-state index in [0.29, 0.717) is 5.69 Å². The van der Waals surface area contributed by atoms with Gasteiger partial charge in [-0.05, 0) is 49.6 Å². The highest BCUT2D eigenvalue weighted by molar-refractivity contribution is 5.97. The quantitative estimate of drug-likeness (QED) is 0.878. The summed E-state index contributed by atoms with van der Waals surface area (Å²) in [6.45, 7) is 3.49. The van der Waals surface area contributed by atoms with Crippen molar-refractivity contribution in [2.45, 2.75) is 32.4 Å². The number of nitrogens with one attached hydrogen (secondary N) is 1. The van der Waals surface area contributed by atoms with E-state index in [4.69, 9.17) is 5.11 Å². The molecule has 0 bridgehead atoms. The molecule has 1 heterocycles. The van der Waals surface area contributed by atoms with Gasteiger partial charge in [0.2, 0.25) is 5.91 Å². The highest BCUT2D eigenvalue weighted by Crippen LogP contribution is 2.23. The maximum Gasteiger partial charge on any atom is 0.335 e. The van der Waals surface area contributed by atoms with E-state index in [1.807, 2.05) is 25.1 Å². The summed E-state index contributed by atoms with van der Waals surface area (Å²) in [5.41, 5.74) is 2.78. The van der Waals surface area contributed by atoms with E-state index in [0.717, 1.165) is 31.5 Å². The first-order valence-corrected chi connectivity index (χ1v) is 8.47. The molecule has 1 fully saturated rings. The molecule has 0 radical (unpaired) electrons. The second-order valence-corrected chi connectivity index (χ2v) is 6.44. The van der Waals surface area contributed by atoms with Crippen molar-refractivity contribution in [3.05, 3.63) is 65.2 Å². The molecule has 130 valence electrons. The van der Waals surface area contributed by atoms with Crippen LogP contribution in [0, 0.1) is 6.92 Å². The van der Waals surface area contributed by atoms with E-state index in [1.54, 1.807) is 12.1 Å². The van der Waals surface area contributed by atoms with Gasteiger partial charge >= 0.3 is 5.97 Å². The largest absolute Gasteiger partial charge is 0.478 e. The zero-order chi connectivity index (χ0) is 17.8. The molecule has 1 amide bonds. The van der Waals surface area contributed by atoms with Crippen molar-refractivity contribution in [1.29, 1.82) is 0 Å². The van der Waals surface area contributed by atoms with Crippen LogP contribution in [-0.4, -0.2) is 34.5 Å². The van der Waals surface area contributed by atoms with Crippen LogP contribution < -0.4 is 5.32 Å².